The minimum absolute atomic E-state index is 0.271. The van der Waals surface area contributed by atoms with Gasteiger partial charge in [0.1, 0.15) is 21.3 Å². The van der Waals surface area contributed by atoms with E-state index >= 15 is 0 Å². The Balaban J connectivity index is 1.02. The van der Waals surface area contributed by atoms with Crippen molar-refractivity contribution in [2.75, 3.05) is 11.5 Å². The fraction of sp³-hybridized carbons (Fsp3) is 0.450. The molecule has 0 saturated heterocycles. The Labute approximate surface area is 324 Å². The summed E-state index contributed by atoms with van der Waals surface area (Å²) >= 11 is 4.14. The molecule has 0 spiro atoms. The number of ether oxygens (including phenoxy) is 2. The van der Waals surface area contributed by atoms with Crippen molar-refractivity contribution in [3.8, 4) is 34.4 Å². The highest BCUT2D eigenvalue weighted by molar-refractivity contribution is 7.99. The number of carbonyl (C=O) groups is 2. The van der Waals surface area contributed by atoms with Gasteiger partial charge in [0, 0.05) is 22.6 Å². The van der Waals surface area contributed by atoms with Crippen LogP contribution in [-0.4, -0.2) is 43.8 Å². The first-order valence-corrected chi connectivity index (χ1v) is 21.5. The zero-order valence-electron chi connectivity index (χ0n) is 30.6. The number of benzene rings is 2. The lowest BCUT2D eigenvalue weighted by atomic mass is 10.1. The first-order valence-electron chi connectivity index (χ1n) is 18.7. The second-order valence-corrected chi connectivity index (χ2v) is 15.9. The van der Waals surface area contributed by atoms with Crippen LogP contribution in [0.3, 0.4) is 0 Å². The highest BCUT2D eigenvalue weighted by Gasteiger charge is 2.18. The molecule has 3 heterocycles. The Morgan fingerprint density at radius 1 is 0.528 bits per heavy atom. The molecule has 13 heteroatoms. The van der Waals surface area contributed by atoms with Crippen LogP contribution in [0.1, 0.15) is 123 Å². The molecule has 0 fully saturated rings. The van der Waals surface area contributed by atoms with E-state index in [1.54, 1.807) is 84.2 Å². The summed E-state index contributed by atoms with van der Waals surface area (Å²) in [6.07, 6.45) is 17.6. The number of nitrogens with zero attached hydrogens (tertiary/aromatic N) is 4. The van der Waals surface area contributed by atoms with Gasteiger partial charge < -0.3 is 18.3 Å². The summed E-state index contributed by atoms with van der Waals surface area (Å²) in [5.41, 5.74) is 1.45. The van der Waals surface area contributed by atoms with Crippen molar-refractivity contribution in [2.24, 2.45) is 0 Å². The molecule has 0 aliphatic rings. The zero-order valence-corrected chi connectivity index (χ0v) is 33.0. The van der Waals surface area contributed by atoms with E-state index in [0.717, 1.165) is 46.8 Å². The number of unbranched alkanes of at least 4 members (excludes halogenated alkanes) is 12. The molecular weight excluding hydrogens is 729 g/mol. The zero-order chi connectivity index (χ0) is 37.1. The van der Waals surface area contributed by atoms with Gasteiger partial charge in [-0.1, -0.05) is 114 Å². The minimum Gasteiger partial charge on any atom is -0.422 e. The van der Waals surface area contributed by atoms with Gasteiger partial charge in [-0.25, -0.2) is 9.59 Å². The Kier molecular flexibility index (Phi) is 16.9. The number of hydrogen-bond donors (Lipinski definition) is 0. The van der Waals surface area contributed by atoms with Crippen molar-refractivity contribution in [3.05, 3.63) is 70.4 Å². The predicted octanol–water partition coefficient (Wildman–Crippen LogP) is 12.0. The van der Waals surface area contributed by atoms with E-state index in [-0.39, 0.29) is 9.75 Å². The number of rotatable bonds is 24. The normalized spacial score (nSPS) is 11.2. The number of carbonyl (C=O) groups excluding carboxylic acids is 2. The number of thiophene rings is 1. The second kappa shape index (κ2) is 22.3. The lowest BCUT2D eigenvalue weighted by Gasteiger charge is -2.04. The maximum absolute atomic E-state index is 12.9. The van der Waals surface area contributed by atoms with Crippen molar-refractivity contribution in [1.29, 1.82) is 0 Å². The van der Waals surface area contributed by atoms with E-state index in [0.29, 0.717) is 33.7 Å². The quantitative estimate of drug-likeness (QED) is 0.0256. The van der Waals surface area contributed by atoms with Gasteiger partial charge >= 0.3 is 11.9 Å². The van der Waals surface area contributed by atoms with Crippen LogP contribution in [0.4, 0.5) is 0 Å². The Bertz CT molecular complexity index is 1690. The van der Waals surface area contributed by atoms with Crippen LogP contribution in [-0.2, 0) is 0 Å². The molecule has 0 atom stereocenters. The maximum atomic E-state index is 12.9. The van der Waals surface area contributed by atoms with Crippen LogP contribution in [0.25, 0.3) is 22.9 Å². The van der Waals surface area contributed by atoms with Crippen LogP contribution < -0.4 is 9.47 Å². The molecule has 5 rings (SSSR count). The molecule has 0 aliphatic carbocycles. The molecule has 0 unspecified atom stereocenters. The first-order chi connectivity index (χ1) is 26.0. The molecular formula is C40H48N4O6S3. The van der Waals surface area contributed by atoms with Crippen molar-refractivity contribution in [3.63, 3.8) is 0 Å². The third kappa shape index (κ3) is 13.5. The largest absolute Gasteiger partial charge is 0.422 e. The third-order valence-corrected chi connectivity index (χ3v) is 11.2. The molecule has 0 aliphatic heterocycles. The summed E-state index contributed by atoms with van der Waals surface area (Å²) in [7, 11) is 0. The Hall–Kier alpha value is -3.94. The van der Waals surface area contributed by atoms with Crippen LogP contribution in [0.5, 0.6) is 11.5 Å². The van der Waals surface area contributed by atoms with Crippen LogP contribution in [0, 0.1) is 0 Å². The summed E-state index contributed by atoms with van der Waals surface area (Å²) in [4.78, 5) is 26.3. The monoisotopic (exact) mass is 776 g/mol. The molecule has 10 nitrogen and oxygen atoms in total. The van der Waals surface area contributed by atoms with Crippen molar-refractivity contribution in [2.45, 2.75) is 114 Å². The van der Waals surface area contributed by atoms with Gasteiger partial charge in [0.25, 0.3) is 10.4 Å². The minimum atomic E-state index is -0.576. The van der Waals surface area contributed by atoms with Gasteiger partial charge in [-0.05, 0) is 73.5 Å². The summed E-state index contributed by atoms with van der Waals surface area (Å²) < 4.78 is 22.7. The van der Waals surface area contributed by atoms with Crippen molar-refractivity contribution in [1.82, 2.24) is 20.4 Å². The van der Waals surface area contributed by atoms with Gasteiger partial charge in [-0.2, -0.15) is 0 Å². The summed E-state index contributed by atoms with van der Waals surface area (Å²) in [5.74, 6) is 2.26. The fourth-order valence-electron chi connectivity index (χ4n) is 5.41. The van der Waals surface area contributed by atoms with E-state index in [1.807, 2.05) is 0 Å². The lowest BCUT2D eigenvalue weighted by Crippen LogP contribution is -2.07. The highest BCUT2D eigenvalue weighted by Crippen LogP contribution is 2.29. The molecule has 2 aromatic carbocycles. The molecule has 3 aromatic heterocycles. The molecule has 282 valence electrons. The van der Waals surface area contributed by atoms with Gasteiger partial charge in [0.2, 0.25) is 11.8 Å². The predicted molar refractivity (Wildman–Crippen MR) is 211 cm³/mol. The average molecular weight is 777 g/mol. The van der Waals surface area contributed by atoms with E-state index in [1.165, 1.54) is 77.0 Å². The van der Waals surface area contributed by atoms with Crippen molar-refractivity contribution >= 4 is 46.8 Å². The second-order valence-electron chi connectivity index (χ2n) is 12.7. The van der Waals surface area contributed by atoms with E-state index < -0.39 is 11.9 Å². The van der Waals surface area contributed by atoms with E-state index in [9.17, 15) is 9.59 Å². The molecule has 53 heavy (non-hydrogen) atoms. The van der Waals surface area contributed by atoms with Gasteiger partial charge in [-0.15, -0.1) is 31.7 Å². The molecule has 0 bridgehead atoms. The number of hydrogen-bond acceptors (Lipinski definition) is 13. The van der Waals surface area contributed by atoms with E-state index in [4.69, 9.17) is 18.3 Å². The van der Waals surface area contributed by atoms with Gasteiger partial charge in [0.05, 0.1) is 0 Å². The number of thioether (sulfide) groups is 2. The van der Waals surface area contributed by atoms with Gasteiger partial charge in [-0.3, -0.25) is 0 Å². The molecule has 0 saturated carbocycles. The summed E-state index contributed by atoms with van der Waals surface area (Å²) in [5, 5.41) is 17.7. The molecule has 0 amide bonds. The topological polar surface area (TPSA) is 130 Å². The standard InChI is InChI=1S/C40H48N4O6S3/c1-3-5-7-9-11-13-15-27-51-39-43-41-35(49-39)29-17-21-31(22-18-29)47-37(45)33-25-26-34(53-33)38(46)48-32-23-19-30(20-24-32)36-42-44-40(50-36)52-28-16-14-12-10-8-6-4-2/h17-26H,3-16,27-28H2,1-2H3. The van der Waals surface area contributed by atoms with Crippen LogP contribution in [0.15, 0.2) is 79.9 Å². The van der Waals surface area contributed by atoms with Crippen LogP contribution >= 0.6 is 34.9 Å². The number of esters is 2. The maximum Gasteiger partial charge on any atom is 0.353 e. The molecule has 0 radical (unpaired) electrons. The number of aromatic nitrogens is 4. The highest BCUT2D eigenvalue weighted by atomic mass is 32.2. The first kappa shape index (κ1) is 40.2. The smallest absolute Gasteiger partial charge is 0.353 e. The summed E-state index contributed by atoms with van der Waals surface area (Å²) in [6, 6.07) is 16.8. The molecule has 0 N–H and O–H groups in total. The Morgan fingerprint density at radius 2 is 0.906 bits per heavy atom. The van der Waals surface area contributed by atoms with E-state index in [2.05, 4.69) is 34.2 Å². The lowest BCUT2D eigenvalue weighted by molar-refractivity contribution is 0.0732. The SMILES string of the molecule is CCCCCCCCCSc1nnc(-c2ccc(OC(=O)c3ccc(C(=O)Oc4ccc(-c5nnc(SCCCCCCCCC)o5)cc4)s3)cc2)o1. The van der Waals surface area contributed by atoms with Gasteiger partial charge in [0.15, 0.2) is 0 Å². The third-order valence-electron chi connectivity index (χ3n) is 8.39. The average Bonchev–Trinajstić information content (AvgIpc) is 3.97. The Morgan fingerprint density at radius 3 is 1.30 bits per heavy atom. The van der Waals surface area contributed by atoms with Crippen LogP contribution in [0.2, 0.25) is 0 Å². The molecule has 5 aromatic rings. The fourth-order valence-corrected chi connectivity index (χ4v) is 7.69. The van der Waals surface area contributed by atoms with Crippen molar-refractivity contribution < 1.29 is 27.9 Å². The summed E-state index contributed by atoms with van der Waals surface area (Å²) in [6.45, 7) is 4.46.